The van der Waals surface area contributed by atoms with Crippen LogP contribution in [0.25, 0.3) is 0 Å². The van der Waals surface area contributed by atoms with E-state index in [0.29, 0.717) is 6.42 Å². The minimum atomic E-state index is -0.736. The van der Waals surface area contributed by atoms with Crippen molar-refractivity contribution < 1.29 is 9.59 Å². The van der Waals surface area contributed by atoms with E-state index in [0.717, 1.165) is 12.0 Å². The van der Waals surface area contributed by atoms with Crippen LogP contribution in [-0.2, 0) is 16.0 Å². The van der Waals surface area contributed by atoms with E-state index in [1.807, 2.05) is 44.2 Å². The monoisotopic (exact) mass is 277 g/mol. The summed E-state index contributed by atoms with van der Waals surface area (Å²) in [5.74, 6) is -0.835. The molecule has 5 heteroatoms. The van der Waals surface area contributed by atoms with E-state index < -0.39 is 18.0 Å². The number of hydrogen-bond donors (Lipinski definition) is 3. The van der Waals surface area contributed by atoms with E-state index in [1.54, 1.807) is 0 Å². The Labute approximate surface area is 119 Å². The molecule has 110 valence electrons. The Kier molecular flexibility index (Phi) is 6.18. The molecule has 0 aliphatic rings. The van der Waals surface area contributed by atoms with E-state index in [-0.39, 0.29) is 11.8 Å². The summed E-state index contributed by atoms with van der Waals surface area (Å²) >= 11 is 0. The number of rotatable bonds is 7. The number of amides is 2. The van der Waals surface area contributed by atoms with Crippen molar-refractivity contribution in [3.8, 4) is 0 Å². The summed E-state index contributed by atoms with van der Waals surface area (Å²) in [4.78, 5) is 23.5. The van der Waals surface area contributed by atoms with Crippen LogP contribution in [0.5, 0.6) is 0 Å². The first-order chi connectivity index (χ1) is 9.45. The van der Waals surface area contributed by atoms with Crippen LogP contribution in [-0.4, -0.2) is 23.9 Å². The Balaban J connectivity index is 2.68. The molecule has 3 atom stereocenters. The van der Waals surface area contributed by atoms with Gasteiger partial charge in [0.15, 0.2) is 0 Å². The van der Waals surface area contributed by atoms with E-state index in [9.17, 15) is 9.59 Å². The number of nitrogens with one attached hydrogen (secondary N) is 1. The summed E-state index contributed by atoms with van der Waals surface area (Å²) in [5, 5.41) is 2.64. The predicted octanol–water partition coefficient (Wildman–Crippen LogP) is 0.573. The van der Waals surface area contributed by atoms with Gasteiger partial charge in [0.1, 0.15) is 6.04 Å². The average Bonchev–Trinajstić information content (AvgIpc) is 2.45. The molecule has 0 saturated heterocycles. The second-order valence-electron chi connectivity index (χ2n) is 5.06. The highest BCUT2D eigenvalue weighted by molar-refractivity contribution is 5.89. The number of carbonyl (C=O) groups excluding carboxylic acids is 2. The number of carbonyl (C=O) groups is 2. The van der Waals surface area contributed by atoms with Crippen molar-refractivity contribution in [2.24, 2.45) is 17.4 Å². The van der Waals surface area contributed by atoms with Crippen molar-refractivity contribution in [3.05, 3.63) is 35.9 Å². The normalized spacial score (nSPS) is 15.2. The molecule has 5 nitrogen and oxygen atoms in total. The molecule has 20 heavy (non-hydrogen) atoms. The molecule has 5 N–H and O–H groups in total. The third-order valence-electron chi connectivity index (χ3n) is 3.50. The van der Waals surface area contributed by atoms with Gasteiger partial charge in [0.25, 0.3) is 0 Å². The lowest BCUT2D eigenvalue weighted by atomic mass is 9.98. The molecule has 2 amide bonds. The van der Waals surface area contributed by atoms with E-state index >= 15 is 0 Å². The standard InChI is InChI=1S/C15H23N3O2/c1-3-10(2)13(16)15(20)18-12(14(17)19)9-11-7-5-4-6-8-11/h4-8,10,12-13H,3,9,16H2,1-2H3,(H2,17,19)(H,18,20)/t10-,12-,13+/m0/s1. The topological polar surface area (TPSA) is 98.2 Å². The highest BCUT2D eigenvalue weighted by Crippen LogP contribution is 2.07. The minimum absolute atomic E-state index is 0.0558. The first kappa shape index (κ1) is 16.2. The van der Waals surface area contributed by atoms with Gasteiger partial charge in [0.2, 0.25) is 11.8 Å². The summed E-state index contributed by atoms with van der Waals surface area (Å²) in [6.07, 6.45) is 1.17. The van der Waals surface area contributed by atoms with Gasteiger partial charge in [0.05, 0.1) is 6.04 Å². The second kappa shape index (κ2) is 7.65. The molecule has 1 aromatic carbocycles. The largest absolute Gasteiger partial charge is 0.368 e. The Morgan fingerprint density at radius 2 is 1.85 bits per heavy atom. The molecule has 0 spiro atoms. The van der Waals surface area contributed by atoms with Crippen LogP contribution >= 0.6 is 0 Å². The van der Waals surface area contributed by atoms with Gasteiger partial charge in [-0.15, -0.1) is 0 Å². The fraction of sp³-hybridized carbons (Fsp3) is 0.467. The van der Waals surface area contributed by atoms with Crippen LogP contribution in [0.1, 0.15) is 25.8 Å². The summed E-state index contributed by atoms with van der Waals surface area (Å²) in [6, 6.07) is 8.05. The molecule has 0 aliphatic heterocycles. The van der Waals surface area contributed by atoms with Crippen LogP contribution in [0, 0.1) is 5.92 Å². The van der Waals surface area contributed by atoms with Crippen molar-refractivity contribution >= 4 is 11.8 Å². The van der Waals surface area contributed by atoms with Gasteiger partial charge in [-0.2, -0.15) is 0 Å². The summed E-state index contributed by atoms with van der Waals surface area (Å²) in [6.45, 7) is 3.87. The summed E-state index contributed by atoms with van der Waals surface area (Å²) in [5.41, 5.74) is 12.1. The van der Waals surface area contributed by atoms with Gasteiger partial charge < -0.3 is 16.8 Å². The number of hydrogen-bond acceptors (Lipinski definition) is 3. The number of primary amides is 1. The third-order valence-corrected chi connectivity index (χ3v) is 3.50. The molecule has 0 radical (unpaired) electrons. The van der Waals surface area contributed by atoms with Crippen LogP contribution in [0.2, 0.25) is 0 Å². The van der Waals surface area contributed by atoms with Gasteiger partial charge in [0, 0.05) is 6.42 Å². The molecule has 0 bridgehead atoms. The Bertz CT molecular complexity index is 448. The zero-order valence-corrected chi connectivity index (χ0v) is 12.0. The summed E-state index contributed by atoms with van der Waals surface area (Å²) in [7, 11) is 0. The van der Waals surface area contributed by atoms with Crippen LogP contribution < -0.4 is 16.8 Å². The lowest BCUT2D eigenvalue weighted by Gasteiger charge is -2.21. The molecule has 0 aliphatic carbocycles. The molecular formula is C15H23N3O2. The first-order valence-corrected chi connectivity index (χ1v) is 6.84. The van der Waals surface area contributed by atoms with Crippen LogP contribution in [0.3, 0.4) is 0 Å². The maximum atomic E-state index is 12.0. The van der Waals surface area contributed by atoms with Gasteiger partial charge in [-0.3, -0.25) is 9.59 Å². The maximum absolute atomic E-state index is 12.0. The highest BCUT2D eigenvalue weighted by Gasteiger charge is 2.24. The van der Waals surface area contributed by atoms with Crippen LogP contribution in [0.4, 0.5) is 0 Å². The smallest absolute Gasteiger partial charge is 0.240 e. The van der Waals surface area contributed by atoms with E-state index in [1.165, 1.54) is 0 Å². The van der Waals surface area contributed by atoms with Crippen molar-refractivity contribution in [3.63, 3.8) is 0 Å². The zero-order chi connectivity index (χ0) is 15.1. The Morgan fingerprint density at radius 1 is 1.25 bits per heavy atom. The van der Waals surface area contributed by atoms with Crippen LogP contribution in [0.15, 0.2) is 30.3 Å². The van der Waals surface area contributed by atoms with Crippen molar-refractivity contribution in [2.75, 3.05) is 0 Å². The highest BCUT2D eigenvalue weighted by atomic mass is 16.2. The van der Waals surface area contributed by atoms with Crippen molar-refractivity contribution in [1.82, 2.24) is 5.32 Å². The van der Waals surface area contributed by atoms with Crippen molar-refractivity contribution in [2.45, 2.75) is 38.8 Å². The fourth-order valence-corrected chi connectivity index (χ4v) is 1.85. The molecular weight excluding hydrogens is 254 g/mol. The van der Waals surface area contributed by atoms with Gasteiger partial charge in [-0.1, -0.05) is 50.6 Å². The predicted molar refractivity (Wildman–Crippen MR) is 78.7 cm³/mol. The maximum Gasteiger partial charge on any atom is 0.240 e. The Morgan fingerprint density at radius 3 is 2.35 bits per heavy atom. The molecule has 1 aromatic rings. The van der Waals surface area contributed by atoms with Gasteiger partial charge in [-0.05, 0) is 11.5 Å². The molecule has 0 fully saturated rings. The number of nitrogens with two attached hydrogens (primary N) is 2. The molecule has 0 aromatic heterocycles. The van der Waals surface area contributed by atoms with E-state index in [2.05, 4.69) is 5.32 Å². The average molecular weight is 277 g/mol. The lowest BCUT2D eigenvalue weighted by molar-refractivity contribution is -0.128. The number of benzene rings is 1. The summed E-state index contributed by atoms with van der Waals surface area (Å²) < 4.78 is 0. The SMILES string of the molecule is CC[C@H](C)[C@@H](N)C(=O)N[C@@H](Cc1ccccc1)C(N)=O. The van der Waals surface area contributed by atoms with Crippen molar-refractivity contribution in [1.29, 1.82) is 0 Å². The zero-order valence-electron chi connectivity index (χ0n) is 12.0. The quantitative estimate of drug-likeness (QED) is 0.679. The molecule has 1 rings (SSSR count). The van der Waals surface area contributed by atoms with Gasteiger partial charge >= 0.3 is 0 Å². The molecule has 0 unspecified atom stereocenters. The molecule has 0 heterocycles. The Hall–Kier alpha value is -1.88. The fourth-order valence-electron chi connectivity index (χ4n) is 1.85. The lowest BCUT2D eigenvalue weighted by Crippen LogP contribution is -2.53. The first-order valence-electron chi connectivity index (χ1n) is 6.84. The second-order valence-corrected chi connectivity index (χ2v) is 5.06. The minimum Gasteiger partial charge on any atom is -0.368 e. The molecule has 0 saturated carbocycles. The third kappa shape index (κ3) is 4.66. The van der Waals surface area contributed by atoms with Gasteiger partial charge in [-0.25, -0.2) is 0 Å². The van der Waals surface area contributed by atoms with E-state index in [4.69, 9.17) is 11.5 Å².